The summed E-state index contributed by atoms with van der Waals surface area (Å²) >= 11 is 0. The van der Waals surface area contributed by atoms with Gasteiger partial charge in [0.05, 0.1) is 12.0 Å². The Morgan fingerprint density at radius 2 is 2.25 bits per heavy atom. The van der Waals surface area contributed by atoms with Gasteiger partial charge in [-0.15, -0.1) is 0 Å². The van der Waals surface area contributed by atoms with E-state index in [-0.39, 0.29) is 6.17 Å². The molecule has 1 atom stereocenters. The monoisotopic (exact) mass is 221 g/mol. The molecule has 2 heterocycles. The van der Waals surface area contributed by atoms with Gasteiger partial charge in [0.2, 0.25) is 11.9 Å². The van der Waals surface area contributed by atoms with Crippen molar-refractivity contribution in [2.24, 2.45) is 9.98 Å². The van der Waals surface area contributed by atoms with E-state index in [0.717, 1.165) is 11.6 Å². The van der Waals surface area contributed by atoms with Crippen molar-refractivity contribution < 1.29 is 4.42 Å². The zero-order valence-electron chi connectivity index (χ0n) is 9.56. The average Bonchev–Trinajstić information content (AvgIpc) is 2.69. The van der Waals surface area contributed by atoms with Gasteiger partial charge in [-0.05, 0) is 13.0 Å². The molecule has 0 bridgehead atoms. The minimum absolute atomic E-state index is 0.0898. The second-order valence-electron chi connectivity index (χ2n) is 3.72. The third-order valence-corrected chi connectivity index (χ3v) is 2.06. The first kappa shape index (κ1) is 10.5. The maximum atomic E-state index is 4.97. The number of hydrogen-bond acceptors (Lipinski definition) is 6. The number of anilines is 1. The molecule has 6 heteroatoms. The standard InChI is InChI=1S/C10H15N5O/c1-7-11-9(13-8-4-5-16-6-8)14-10(12-7)15(2)3/h4-7H,1-3H3,(H2,11,12,13,14). The van der Waals surface area contributed by atoms with Crippen LogP contribution in [0.25, 0.3) is 0 Å². The van der Waals surface area contributed by atoms with Crippen LogP contribution in [0.3, 0.4) is 0 Å². The van der Waals surface area contributed by atoms with E-state index < -0.39 is 0 Å². The molecule has 2 N–H and O–H groups in total. The van der Waals surface area contributed by atoms with Crippen molar-refractivity contribution in [3.8, 4) is 0 Å². The third-order valence-electron chi connectivity index (χ3n) is 2.06. The summed E-state index contributed by atoms with van der Waals surface area (Å²) in [7, 11) is 3.86. The molecule has 0 saturated heterocycles. The van der Waals surface area contributed by atoms with Gasteiger partial charge in [0.1, 0.15) is 12.4 Å². The number of nitrogens with zero attached hydrogens (tertiary/aromatic N) is 3. The molecule has 0 saturated carbocycles. The first-order chi connectivity index (χ1) is 7.65. The van der Waals surface area contributed by atoms with Crippen LogP contribution >= 0.6 is 0 Å². The van der Waals surface area contributed by atoms with Crippen LogP contribution in [0, 0.1) is 0 Å². The Hall–Kier alpha value is -1.98. The lowest BCUT2D eigenvalue weighted by Crippen LogP contribution is -2.46. The number of rotatable bonds is 1. The fourth-order valence-corrected chi connectivity index (χ4v) is 1.33. The van der Waals surface area contributed by atoms with Gasteiger partial charge >= 0.3 is 0 Å². The molecule has 1 aliphatic rings. The molecule has 16 heavy (non-hydrogen) atoms. The minimum Gasteiger partial charge on any atom is -0.470 e. The zero-order valence-corrected chi connectivity index (χ0v) is 9.56. The van der Waals surface area contributed by atoms with Gasteiger partial charge in [-0.1, -0.05) is 0 Å². The van der Waals surface area contributed by atoms with E-state index in [2.05, 4.69) is 20.6 Å². The number of hydrogen-bond donors (Lipinski definition) is 2. The second-order valence-corrected chi connectivity index (χ2v) is 3.72. The van der Waals surface area contributed by atoms with E-state index >= 15 is 0 Å². The minimum atomic E-state index is -0.0898. The van der Waals surface area contributed by atoms with Gasteiger partial charge in [0.15, 0.2) is 0 Å². The fourth-order valence-electron chi connectivity index (χ4n) is 1.33. The van der Waals surface area contributed by atoms with Gasteiger partial charge in [0, 0.05) is 14.1 Å². The lowest BCUT2D eigenvalue weighted by molar-refractivity contribution is 0.568. The van der Waals surface area contributed by atoms with Gasteiger partial charge in [-0.25, -0.2) is 9.98 Å². The Morgan fingerprint density at radius 3 is 2.88 bits per heavy atom. The second kappa shape index (κ2) is 4.26. The van der Waals surface area contributed by atoms with Crippen molar-refractivity contribution in [1.82, 2.24) is 10.2 Å². The summed E-state index contributed by atoms with van der Waals surface area (Å²) in [5, 5.41) is 6.21. The van der Waals surface area contributed by atoms with Crippen molar-refractivity contribution >= 4 is 17.6 Å². The Kier molecular flexibility index (Phi) is 2.80. The zero-order chi connectivity index (χ0) is 11.5. The van der Waals surface area contributed by atoms with Gasteiger partial charge in [0.25, 0.3) is 0 Å². The van der Waals surface area contributed by atoms with Gasteiger partial charge < -0.3 is 14.6 Å². The number of aliphatic imine (C=N–C) groups is 2. The van der Waals surface area contributed by atoms with E-state index in [4.69, 9.17) is 4.42 Å². The van der Waals surface area contributed by atoms with E-state index in [0.29, 0.717) is 5.96 Å². The summed E-state index contributed by atoms with van der Waals surface area (Å²) in [5.74, 6) is 1.46. The number of nitrogens with one attached hydrogen (secondary N) is 2. The summed E-state index contributed by atoms with van der Waals surface area (Å²) in [6.45, 7) is 1.93. The van der Waals surface area contributed by atoms with Crippen LogP contribution in [0.4, 0.5) is 5.69 Å². The van der Waals surface area contributed by atoms with Crippen LogP contribution in [0.15, 0.2) is 33.0 Å². The molecular weight excluding hydrogens is 206 g/mol. The SMILES string of the molecule is CC1N=C(Nc2ccoc2)NC(N(C)C)=N1. The summed E-state index contributed by atoms with van der Waals surface area (Å²) in [6.07, 6.45) is 3.14. The van der Waals surface area contributed by atoms with Crippen molar-refractivity contribution in [3.05, 3.63) is 18.6 Å². The molecule has 0 aromatic carbocycles. The lowest BCUT2D eigenvalue weighted by atomic mass is 10.5. The van der Waals surface area contributed by atoms with Crippen LogP contribution in [0.1, 0.15) is 6.92 Å². The highest BCUT2D eigenvalue weighted by Crippen LogP contribution is 2.08. The highest BCUT2D eigenvalue weighted by molar-refractivity contribution is 6.06. The van der Waals surface area contributed by atoms with Crippen LogP contribution in [-0.2, 0) is 0 Å². The van der Waals surface area contributed by atoms with Crippen LogP contribution in [-0.4, -0.2) is 37.1 Å². The maximum absolute atomic E-state index is 4.97. The fraction of sp³-hybridized carbons (Fsp3) is 0.400. The highest BCUT2D eigenvalue weighted by atomic mass is 16.3. The molecule has 6 nitrogen and oxygen atoms in total. The molecule has 86 valence electrons. The largest absolute Gasteiger partial charge is 0.470 e. The molecule has 1 aromatic rings. The summed E-state index contributed by atoms with van der Waals surface area (Å²) in [6, 6.07) is 1.83. The molecular formula is C10H15N5O. The molecule has 1 unspecified atom stereocenters. The molecule has 2 rings (SSSR count). The number of guanidine groups is 2. The molecule has 0 radical (unpaired) electrons. The first-order valence-electron chi connectivity index (χ1n) is 5.04. The average molecular weight is 221 g/mol. The van der Waals surface area contributed by atoms with Crippen molar-refractivity contribution in [3.63, 3.8) is 0 Å². The van der Waals surface area contributed by atoms with E-state index in [1.807, 2.05) is 32.0 Å². The molecule has 1 aliphatic heterocycles. The maximum Gasteiger partial charge on any atom is 0.204 e. The summed E-state index contributed by atoms with van der Waals surface area (Å²) < 4.78 is 4.97. The van der Waals surface area contributed by atoms with Crippen molar-refractivity contribution in [2.45, 2.75) is 13.1 Å². The topological polar surface area (TPSA) is 65.2 Å². The Morgan fingerprint density at radius 1 is 1.44 bits per heavy atom. The van der Waals surface area contributed by atoms with Crippen molar-refractivity contribution in [2.75, 3.05) is 19.4 Å². The van der Waals surface area contributed by atoms with Gasteiger partial charge in [-0.2, -0.15) is 0 Å². The molecule has 0 fully saturated rings. The van der Waals surface area contributed by atoms with Crippen molar-refractivity contribution in [1.29, 1.82) is 0 Å². The molecule has 0 spiro atoms. The Balaban J connectivity index is 2.07. The summed E-state index contributed by atoms with van der Waals surface area (Å²) in [5.41, 5.74) is 0.860. The van der Waals surface area contributed by atoms with Crippen LogP contribution in [0.2, 0.25) is 0 Å². The van der Waals surface area contributed by atoms with Crippen LogP contribution < -0.4 is 10.6 Å². The quantitative estimate of drug-likeness (QED) is 0.740. The Bertz CT molecular complexity index is 407. The normalized spacial score (nSPS) is 19.6. The Labute approximate surface area is 94.1 Å². The predicted molar refractivity (Wildman–Crippen MR) is 63.5 cm³/mol. The first-order valence-corrected chi connectivity index (χ1v) is 5.04. The molecule has 0 aliphatic carbocycles. The van der Waals surface area contributed by atoms with E-state index in [1.54, 1.807) is 12.5 Å². The molecule has 1 aromatic heterocycles. The number of furan rings is 1. The highest BCUT2D eigenvalue weighted by Gasteiger charge is 2.14. The van der Waals surface area contributed by atoms with E-state index in [1.165, 1.54) is 0 Å². The predicted octanol–water partition coefficient (Wildman–Crippen LogP) is 0.914. The van der Waals surface area contributed by atoms with E-state index in [9.17, 15) is 0 Å². The lowest BCUT2D eigenvalue weighted by Gasteiger charge is -2.23. The van der Waals surface area contributed by atoms with Crippen LogP contribution in [0.5, 0.6) is 0 Å². The summed E-state index contributed by atoms with van der Waals surface area (Å²) in [4.78, 5) is 10.6. The third kappa shape index (κ3) is 2.33. The van der Waals surface area contributed by atoms with Gasteiger partial charge in [-0.3, -0.25) is 5.32 Å². The molecule has 0 amide bonds. The smallest absolute Gasteiger partial charge is 0.204 e.